The molecular formula is C45H60N9O3S+. The summed E-state index contributed by atoms with van der Waals surface area (Å²) in [6.45, 7) is 14.9. The molecule has 3 aliphatic heterocycles. The van der Waals surface area contributed by atoms with E-state index in [0.717, 1.165) is 78.0 Å². The van der Waals surface area contributed by atoms with Crippen LogP contribution in [0.25, 0.3) is 15.8 Å². The largest absolute Gasteiger partial charge is 0.480 e. The lowest BCUT2D eigenvalue weighted by Gasteiger charge is -2.69. The Hall–Kier alpha value is -4.46. The van der Waals surface area contributed by atoms with Crippen molar-refractivity contribution in [2.45, 2.75) is 110 Å². The van der Waals surface area contributed by atoms with E-state index in [1.807, 2.05) is 54.4 Å². The lowest BCUT2D eigenvalue weighted by molar-refractivity contribution is -0.905. The molecule has 7 N–H and O–H groups in total. The summed E-state index contributed by atoms with van der Waals surface area (Å²) >= 11 is 1.48. The highest BCUT2D eigenvalue weighted by molar-refractivity contribution is 7.22. The first kappa shape index (κ1) is 39.0. The van der Waals surface area contributed by atoms with Crippen molar-refractivity contribution in [3.8, 4) is 0 Å². The molecule has 4 aliphatic carbocycles. The molecule has 0 radical (unpaired) electrons. The molecule has 4 atom stereocenters. The van der Waals surface area contributed by atoms with Gasteiger partial charge in [-0.25, -0.2) is 9.98 Å². The van der Waals surface area contributed by atoms with Gasteiger partial charge in [-0.15, -0.1) is 0 Å². The minimum Gasteiger partial charge on any atom is -0.480 e. The van der Waals surface area contributed by atoms with Crippen LogP contribution in [0.2, 0.25) is 0 Å². The lowest BCUT2D eigenvalue weighted by Crippen LogP contribution is -3.13. The van der Waals surface area contributed by atoms with Crippen molar-refractivity contribution in [1.29, 1.82) is 5.41 Å². The van der Waals surface area contributed by atoms with Crippen molar-refractivity contribution in [2.75, 3.05) is 32.8 Å². The minimum atomic E-state index is -0.806. The number of fused-ring (bicyclic) bond motifs is 1. The highest BCUT2D eigenvalue weighted by Gasteiger charge is 2.66. The first-order valence-corrected chi connectivity index (χ1v) is 22.1. The monoisotopic (exact) mass is 806 g/mol. The molecule has 4 bridgehead atoms. The van der Waals surface area contributed by atoms with Crippen molar-refractivity contribution in [3.05, 3.63) is 82.5 Å². The Bertz CT molecular complexity index is 2240. The van der Waals surface area contributed by atoms with Gasteiger partial charge >= 0.3 is 0 Å². The number of nitrogens with two attached hydrogens (primary N) is 1. The van der Waals surface area contributed by atoms with Crippen LogP contribution in [0.15, 0.2) is 76.2 Å². The number of thiazole rings is 1. The molecule has 7 aliphatic rings. The van der Waals surface area contributed by atoms with Gasteiger partial charge in [-0.1, -0.05) is 37.3 Å². The van der Waals surface area contributed by atoms with Crippen LogP contribution in [0.5, 0.6) is 0 Å². The number of aliphatic hydroxyl groups excluding tert-OH is 1. The predicted octanol–water partition coefficient (Wildman–Crippen LogP) is 7.20. The summed E-state index contributed by atoms with van der Waals surface area (Å²) in [5.41, 5.74) is 12.2. The molecule has 2 saturated heterocycles. The highest BCUT2D eigenvalue weighted by Crippen LogP contribution is 2.72. The molecule has 3 aromatic rings. The van der Waals surface area contributed by atoms with Crippen LogP contribution in [0, 0.1) is 28.6 Å². The quantitative estimate of drug-likeness (QED) is 0.0713. The number of benzene rings is 1. The fraction of sp³-hybridized carbons (Fsp3) is 0.556. The number of para-hydroxylation sites is 1. The highest BCUT2D eigenvalue weighted by atomic mass is 32.1. The standard InChI is InChI=1S/C45H59N9O3S/c1-29(38(46)51-41-49-34-12-6-7-13-35(34)58-41)31-11-10-18-53(39(31)47)36-15-14-32(37(50-36)40(55)56)33-21-48-54(30(33)2)28-44-23-42(3)22-43(4,24-44)26-45(25-42,27-44)57-20-19-52-16-8-5-9-17-52/h6-7,12-15,21,47,50,55-56H,5,8-11,16-20,22-28H2,1-4H3,(H2,46,49,51)/p+1/b31-29-,47-39?/t42-,43+,44?,45?. The number of piperidine rings is 2. The van der Waals surface area contributed by atoms with E-state index in [1.165, 1.54) is 63.0 Å². The maximum atomic E-state index is 10.7. The number of nitrogens with one attached hydrogen (secondary N) is 3. The van der Waals surface area contributed by atoms with Gasteiger partial charge in [0.15, 0.2) is 0 Å². The van der Waals surface area contributed by atoms with Crippen molar-refractivity contribution in [1.82, 2.24) is 25.0 Å². The van der Waals surface area contributed by atoms with Crippen LogP contribution >= 0.6 is 11.3 Å². The molecular weight excluding hydrogens is 747 g/mol. The molecule has 6 fully saturated rings. The Labute approximate surface area is 345 Å². The van der Waals surface area contributed by atoms with E-state index >= 15 is 0 Å². The van der Waals surface area contributed by atoms with E-state index in [4.69, 9.17) is 15.6 Å². The average Bonchev–Trinajstić information content (AvgIpc) is 3.74. The van der Waals surface area contributed by atoms with Crippen LogP contribution in [0.1, 0.15) is 103 Å². The number of allylic oxidation sites excluding steroid dienone is 3. The smallest absolute Gasteiger partial charge is 0.299 e. The van der Waals surface area contributed by atoms with E-state index in [9.17, 15) is 15.6 Å². The molecule has 10 rings (SSSR count). The third-order valence-corrected chi connectivity index (χ3v) is 15.0. The normalized spacial score (nSPS) is 31.1. The molecule has 13 heteroatoms. The van der Waals surface area contributed by atoms with Gasteiger partial charge in [0.05, 0.1) is 41.7 Å². The van der Waals surface area contributed by atoms with Crippen LogP contribution in [0.3, 0.4) is 0 Å². The zero-order valence-corrected chi connectivity index (χ0v) is 35.4. The Morgan fingerprint density at radius 2 is 1.79 bits per heavy atom. The summed E-state index contributed by atoms with van der Waals surface area (Å²) in [5.74, 6) is 0.417. The number of ether oxygens (including phenoxy) is 1. The van der Waals surface area contributed by atoms with Gasteiger partial charge < -0.3 is 35.8 Å². The molecule has 0 amide bonds. The molecule has 2 unspecified atom stereocenters. The number of hydrogen-bond donors (Lipinski definition) is 6. The van der Waals surface area contributed by atoms with Crippen LogP contribution in [-0.2, 0) is 11.3 Å². The second kappa shape index (κ2) is 14.7. The number of nitrogens with zero attached hydrogens (tertiary/aromatic N) is 5. The van der Waals surface area contributed by atoms with Gasteiger partial charge in [-0.3, -0.25) is 10.1 Å². The first-order valence-electron chi connectivity index (χ1n) is 21.3. The second-order valence-electron chi connectivity index (χ2n) is 19.2. The lowest BCUT2D eigenvalue weighted by atomic mass is 9.39. The number of dihydropyridines is 1. The summed E-state index contributed by atoms with van der Waals surface area (Å²) in [7, 11) is 0. The third kappa shape index (κ3) is 7.27. The van der Waals surface area contributed by atoms with Gasteiger partial charge in [0.1, 0.15) is 29.7 Å². The predicted molar refractivity (Wildman–Crippen MR) is 230 cm³/mol. The maximum absolute atomic E-state index is 10.7. The average molecular weight is 807 g/mol. The number of amidine groups is 2. The molecule has 12 nitrogen and oxygen atoms in total. The third-order valence-electron chi connectivity index (χ3n) is 14.1. The molecule has 58 heavy (non-hydrogen) atoms. The van der Waals surface area contributed by atoms with Crippen LogP contribution in [0.4, 0.5) is 5.13 Å². The van der Waals surface area contributed by atoms with Gasteiger partial charge in [-0.05, 0) is 131 Å². The van der Waals surface area contributed by atoms with Crippen LogP contribution < -0.4 is 16.0 Å². The van der Waals surface area contributed by atoms with E-state index in [0.29, 0.717) is 41.2 Å². The Balaban J connectivity index is 0.943. The molecule has 1 aromatic carbocycles. The Morgan fingerprint density at radius 1 is 1.03 bits per heavy atom. The topological polar surface area (TPSA) is 162 Å². The second-order valence-corrected chi connectivity index (χ2v) is 20.2. The van der Waals surface area contributed by atoms with Crippen molar-refractivity contribution in [2.24, 2.45) is 27.0 Å². The van der Waals surface area contributed by atoms with Crippen molar-refractivity contribution < 1.29 is 19.8 Å². The molecule has 5 heterocycles. The van der Waals surface area contributed by atoms with Gasteiger partial charge in [0.2, 0.25) is 5.13 Å². The minimum absolute atomic E-state index is 0.0718. The van der Waals surface area contributed by atoms with Gasteiger partial charge in [0.25, 0.3) is 5.95 Å². The Morgan fingerprint density at radius 3 is 2.53 bits per heavy atom. The molecule has 2 aromatic heterocycles. The van der Waals surface area contributed by atoms with E-state index in [2.05, 4.69) is 40.7 Å². The summed E-state index contributed by atoms with van der Waals surface area (Å²) in [4.78, 5) is 12.8. The summed E-state index contributed by atoms with van der Waals surface area (Å²) in [6.07, 6.45) is 18.2. The summed E-state index contributed by atoms with van der Waals surface area (Å²) in [6, 6.07) is 7.90. The zero-order chi connectivity index (χ0) is 40.5. The Kier molecular flexibility index (Phi) is 9.87. The SMILES string of the molecule is CC(=C1\CCCN(C2=CC=C(c3cnn(CC45CC6(OCC[NH+]7CCCCC7)C[C@](C)(C4)C[C@](C)(C5)C6)c3C)C(=C(O)O)N2)C1=N)/C(N)=N\c1nc2ccccc2s1. The number of aliphatic hydroxyl groups is 2. The number of likely N-dealkylation sites (tertiary alicyclic amines) is 2. The van der Waals surface area contributed by atoms with E-state index in [1.54, 1.807) is 4.90 Å². The van der Waals surface area contributed by atoms with Crippen molar-refractivity contribution >= 4 is 43.9 Å². The number of quaternary nitrogens is 1. The van der Waals surface area contributed by atoms with Gasteiger partial charge in [0, 0.05) is 35.5 Å². The van der Waals surface area contributed by atoms with E-state index in [-0.39, 0.29) is 27.5 Å². The first-order chi connectivity index (χ1) is 27.7. The maximum Gasteiger partial charge on any atom is 0.299 e. The number of rotatable bonds is 10. The number of hydrogen-bond acceptors (Lipinski definition) is 9. The van der Waals surface area contributed by atoms with Gasteiger partial charge in [-0.2, -0.15) is 5.10 Å². The summed E-state index contributed by atoms with van der Waals surface area (Å²) < 4.78 is 10.3. The van der Waals surface area contributed by atoms with Crippen molar-refractivity contribution in [3.63, 3.8) is 0 Å². The number of aromatic nitrogens is 3. The molecule has 0 spiro atoms. The summed E-state index contributed by atoms with van der Waals surface area (Å²) in [5, 5.41) is 39.5. The van der Waals surface area contributed by atoms with Crippen LogP contribution in [-0.4, -0.2) is 79.9 Å². The fourth-order valence-corrected chi connectivity index (χ4v) is 13.6. The zero-order valence-electron chi connectivity index (χ0n) is 34.6. The molecule has 308 valence electrons. The van der Waals surface area contributed by atoms with E-state index < -0.39 is 5.95 Å². The fourth-order valence-electron chi connectivity index (χ4n) is 12.8. The number of aliphatic imine (C=N–C) groups is 1. The molecule has 4 saturated carbocycles.